The zero-order chi connectivity index (χ0) is 15.7. The Kier molecular flexibility index (Phi) is 3.89. The van der Waals surface area contributed by atoms with E-state index in [1.807, 2.05) is 33.8 Å². The Bertz CT molecular complexity index is 748. The molecule has 0 N–H and O–H groups in total. The number of hydrogen-bond donors (Lipinski definition) is 0. The van der Waals surface area contributed by atoms with Crippen molar-refractivity contribution in [3.05, 3.63) is 73.8 Å². The molecule has 0 bridgehead atoms. The predicted molar refractivity (Wildman–Crippen MR) is 81.9 cm³/mol. The van der Waals surface area contributed by atoms with Crippen molar-refractivity contribution in [3.8, 4) is 0 Å². The zero-order valence-electron chi connectivity index (χ0n) is 12.6. The molecule has 0 fully saturated rings. The van der Waals surface area contributed by atoms with Crippen molar-refractivity contribution in [1.82, 2.24) is 0 Å². The number of nitrogens with zero attached hydrogens (tertiary/aromatic N) is 1. The molecular weight excluding hydrogens is 266 g/mol. The Morgan fingerprint density at radius 2 is 1.67 bits per heavy atom. The lowest BCUT2D eigenvalue weighted by atomic mass is 9.89. The quantitative estimate of drug-likeness (QED) is 0.485. The van der Waals surface area contributed by atoms with Gasteiger partial charge in [0.1, 0.15) is 0 Å². The largest absolute Gasteiger partial charge is 0.289 e. The molecule has 0 atom stereocenters. The number of aryl methyl sites for hydroxylation is 2. The number of nitro benzene ring substituents is 1. The van der Waals surface area contributed by atoms with Gasteiger partial charge in [0.15, 0.2) is 5.78 Å². The highest BCUT2D eigenvalue weighted by atomic mass is 16.6. The summed E-state index contributed by atoms with van der Waals surface area (Å²) >= 11 is 0. The van der Waals surface area contributed by atoms with Crippen LogP contribution in [0.5, 0.6) is 0 Å². The van der Waals surface area contributed by atoms with Crippen LogP contribution >= 0.6 is 0 Å². The van der Waals surface area contributed by atoms with E-state index in [4.69, 9.17) is 0 Å². The smallest absolute Gasteiger partial charge is 0.270 e. The molecular formula is C17H17NO3. The monoisotopic (exact) mass is 283 g/mol. The van der Waals surface area contributed by atoms with Crippen LogP contribution in [0.1, 0.15) is 38.2 Å². The molecule has 0 saturated heterocycles. The molecule has 0 aliphatic heterocycles. The van der Waals surface area contributed by atoms with Gasteiger partial charge in [-0.1, -0.05) is 18.2 Å². The first-order valence-corrected chi connectivity index (χ1v) is 6.69. The van der Waals surface area contributed by atoms with Gasteiger partial charge in [-0.05, 0) is 49.9 Å². The third-order valence-corrected chi connectivity index (χ3v) is 3.90. The normalized spacial score (nSPS) is 10.5. The van der Waals surface area contributed by atoms with Crippen LogP contribution in [0.25, 0.3) is 0 Å². The van der Waals surface area contributed by atoms with Crippen molar-refractivity contribution in [2.75, 3.05) is 0 Å². The van der Waals surface area contributed by atoms with Crippen LogP contribution in [0.3, 0.4) is 0 Å². The summed E-state index contributed by atoms with van der Waals surface area (Å²) < 4.78 is 0. The minimum Gasteiger partial charge on any atom is -0.289 e. The third-order valence-electron chi connectivity index (χ3n) is 3.90. The number of nitro groups is 1. The van der Waals surface area contributed by atoms with Gasteiger partial charge in [-0.3, -0.25) is 14.9 Å². The average Bonchev–Trinajstić information content (AvgIpc) is 2.45. The fourth-order valence-electron chi connectivity index (χ4n) is 2.54. The standard InChI is InChI=1S/C17H17NO3/c1-10-8-11(2)16(13(4)12(10)3)17(19)14-6-5-7-15(9-14)18(20)21/h5-9H,1-4H3. The maximum Gasteiger partial charge on any atom is 0.270 e. The van der Waals surface area contributed by atoms with Crippen LogP contribution in [0, 0.1) is 37.8 Å². The summed E-state index contributed by atoms with van der Waals surface area (Å²) in [5.41, 5.74) is 4.96. The van der Waals surface area contributed by atoms with Crippen molar-refractivity contribution < 1.29 is 9.72 Å². The maximum atomic E-state index is 12.7. The molecule has 4 nitrogen and oxygen atoms in total. The van der Waals surface area contributed by atoms with E-state index in [2.05, 4.69) is 0 Å². The topological polar surface area (TPSA) is 60.2 Å². The van der Waals surface area contributed by atoms with Gasteiger partial charge in [-0.25, -0.2) is 0 Å². The molecule has 2 rings (SSSR count). The predicted octanol–water partition coefficient (Wildman–Crippen LogP) is 4.06. The number of carbonyl (C=O) groups is 1. The van der Waals surface area contributed by atoms with Gasteiger partial charge < -0.3 is 0 Å². The highest BCUT2D eigenvalue weighted by Gasteiger charge is 2.18. The second-order valence-electron chi connectivity index (χ2n) is 5.27. The number of benzene rings is 2. The number of carbonyl (C=O) groups excluding carboxylic acids is 1. The molecule has 108 valence electrons. The molecule has 0 aliphatic carbocycles. The van der Waals surface area contributed by atoms with Crippen molar-refractivity contribution in [2.24, 2.45) is 0 Å². The summed E-state index contributed by atoms with van der Waals surface area (Å²) in [4.78, 5) is 23.1. The summed E-state index contributed by atoms with van der Waals surface area (Å²) in [6, 6.07) is 7.85. The van der Waals surface area contributed by atoms with E-state index in [0.717, 1.165) is 22.3 Å². The summed E-state index contributed by atoms with van der Waals surface area (Å²) in [6.07, 6.45) is 0. The molecule has 0 aromatic heterocycles. The average molecular weight is 283 g/mol. The lowest BCUT2D eigenvalue weighted by Gasteiger charge is -2.14. The molecule has 4 heteroatoms. The fraction of sp³-hybridized carbons (Fsp3) is 0.235. The van der Waals surface area contributed by atoms with Gasteiger partial charge in [0.2, 0.25) is 0 Å². The van der Waals surface area contributed by atoms with Gasteiger partial charge in [-0.15, -0.1) is 0 Å². The molecule has 0 radical (unpaired) electrons. The lowest BCUT2D eigenvalue weighted by Crippen LogP contribution is -2.09. The zero-order valence-corrected chi connectivity index (χ0v) is 12.6. The Labute approximate surface area is 123 Å². The van der Waals surface area contributed by atoms with Crippen LogP contribution in [-0.4, -0.2) is 10.7 Å². The van der Waals surface area contributed by atoms with Crippen molar-refractivity contribution in [1.29, 1.82) is 0 Å². The number of ketones is 1. The fourth-order valence-corrected chi connectivity index (χ4v) is 2.54. The van der Waals surface area contributed by atoms with Crippen LogP contribution in [0.2, 0.25) is 0 Å². The Balaban J connectivity index is 2.58. The molecule has 21 heavy (non-hydrogen) atoms. The Morgan fingerprint density at radius 3 is 2.29 bits per heavy atom. The third kappa shape index (κ3) is 2.70. The van der Waals surface area contributed by atoms with Crippen LogP contribution < -0.4 is 0 Å². The maximum absolute atomic E-state index is 12.7. The Hall–Kier alpha value is -2.49. The molecule has 0 amide bonds. The summed E-state index contributed by atoms with van der Waals surface area (Å²) in [7, 11) is 0. The van der Waals surface area contributed by atoms with E-state index in [1.54, 1.807) is 6.07 Å². The van der Waals surface area contributed by atoms with Crippen LogP contribution in [0.15, 0.2) is 30.3 Å². The van der Waals surface area contributed by atoms with E-state index < -0.39 is 4.92 Å². The van der Waals surface area contributed by atoms with Crippen molar-refractivity contribution >= 4 is 11.5 Å². The number of non-ortho nitro benzene ring substituents is 1. The van der Waals surface area contributed by atoms with E-state index >= 15 is 0 Å². The molecule has 2 aromatic rings. The lowest BCUT2D eigenvalue weighted by molar-refractivity contribution is -0.384. The van der Waals surface area contributed by atoms with Gasteiger partial charge in [0.25, 0.3) is 5.69 Å². The van der Waals surface area contributed by atoms with Crippen molar-refractivity contribution in [2.45, 2.75) is 27.7 Å². The second-order valence-corrected chi connectivity index (χ2v) is 5.27. The van der Waals surface area contributed by atoms with Crippen LogP contribution in [-0.2, 0) is 0 Å². The van der Waals surface area contributed by atoms with Gasteiger partial charge in [0, 0.05) is 23.3 Å². The molecule has 0 saturated carbocycles. The van der Waals surface area contributed by atoms with Gasteiger partial charge >= 0.3 is 0 Å². The number of rotatable bonds is 3. The van der Waals surface area contributed by atoms with Gasteiger partial charge in [0.05, 0.1) is 4.92 Å². The molecule has 2 aromatic carbocycles. The van der Waals surface area contributed by atoms with E-state index in [9.17, 15) is 14.9 Å². The minimum absolute atomic E-state index is 0.0695. The SMILES string of the molecule is Cc1cc(C)c(C(=O)c2cccc([N+](=O)[O-])c2)c(C)c1C. The highest BCUT2D eigenvalue weighted by Crippen LogP contribution is 2.25. The summed E-state index contributed by atoms with van der Waals surface area (Å²) in [5.74, 6) is -0.170. The minimum atomic E-state index is -0.489. The molecule has 0 aliphatic rings. The summed E-state index contributed by atoms with van der Waals surface area (Å²) in [5, 5.41) is 10.8. The molecule has 0 spiro atoms. The van der Waals surface area contributed by atoms with Gasteiger partial charge in [-0.2, -0.15) is 0 Å². The van der Waals surface area contributed by atoms with E-state index in [1.165, 1.54) is 18.2 Å². The van der Waals surface area contributed by atoms with E-state index in [0.29, 0.717) is 11.1 Å². The summed E-state index contributed by atoms with van der Waals surface area (Å²) in [6.45, 7) is 7.80. The molecule has 0 unspecified atom stereocenters. The van der Waals surface area contributed by atoms with Crippen LogP contribution in [0.4, 0.5) is 5.69 Å². The van der Waals surface area contributed by atoms with Crippen molar-refractivity contribution in [3.63, 3.8) is 0 Å². The first kappa shape index (κ1) is 14.9. The highest BCUT2D eigenvalue weighted by molar-refractivity contribution is 6.11. The first-order valence-electron chi connectivity index (χ1n) is 6.69. The first-order chi connectivity index (χ1) is 9.82. The second kappa shape index (κ2) is 5.48. The number of hydrogen-bond acceptors (Lipinski definition) is 3. The van der Waals surface area contributed by atoms with E-state index in [-0.39, 0.29) is 11.5 Å². The Morgan fingerprint density at radius 1 is 1.00 bits per heavy atom. The molecule has 0 heterocycles.